The molecule has 0 aliphatic carbocycles. The number of carbonyl (C=O) groups is 1. The van der Waals surface area contributed by atoms with E-state index in [-0.39, 0.29) is 17.9 Å². The number of amides is 1. The number of rotatable bonds is 5. The van der Waals surface area contributed by atoms with Crippen LogP contribution in [0.15, 0.2) is 48.7 Å². The Morgan fingerprint density at radius 2 is 2.08 bits per heavy atom. The molecule has 2 heterocycles. The van der Waals surface area contributed by atoms with Gasteiger partial charge in [-0.25, -0.2) is 4.98 Å². The summed E-state index contributed by atoms with van der Waals surface area (Å²) < 4.78 is 5.92. The summed E-state index contributed by atoms with van der Waals surface area (Å²) in [6, 6.07) is 13.9. The Morgan fingerprint density at radius 3 is 2.75 bits per heavy atom. The maximum Gasteiger partial charge on any atom is 0.230 e. The molecule has 1 aliphatic rings. The fourth-order valence-corrected chi connectivity index (χ4v) is 3.18. The Balaban J connectivity index is 1.62. The van der Waals surface area contributed by atoms with Crippen LogP contribution in [-0.2, 0) is 4.79 Å². The molecule has 0 radical (unpaired) electrons. The van der Waals surface area contributed by atoms with Crippen LogP contribution in [0, 0.1) is 6.92 Å². The third kappa shape index (κ3) is 3.75. The van der Waals surface area contributed by atoms with Crippen LogP contribution in [0.3, 0.4) is 0 Å². The number of hydrogen-bond donors (Lipinski definition) is 0. The number of likely N-dealkylation sites (tertiary alicyclic amines) is 1. The molecule has 0 saturated carbocycles. The highest BCUT2D eigenvalue weighted by molar-refractivity contribution is 5.84. The molecule has 1 saturated heterocycles. The molecule has 0 N–H and O–H groups in total. The quantitative estimate of drug-likeness (QED) is 0.844. The molecule has 0 spiro atoms. The van der Waals surface area contributed by atoms with Crippen molar-refractivity contribution in [2.45, 2.75) is 38.7 Å². The summed E-state index contributed by atoms with van der Waals surface area (Å²) in [6.45, 7) is 5.45. The van der Waals surface area contributed by atoms with Gasteiger partial charge in [-0.15, -0.1) is 0 Å². The standard InChI is InChI=1S/C20H24N2O2/c1-3-18(16-7-5-4-6-8-16)20(23)22-12-11-17(14-22)24-19-10-9-15(2)13-21-19/h4-10,13,17-18H,3,11-12,14H2,1-2H3. The van der Waals surface area contributed by atoms with E-state index >= 15 is 0 Å². The number of ether oxygens (including phenoxy) is 1. The third-order valence-electron chi connectivity index (χ3n) is 4.54. The van der Waals surface area contributed by atoms with Crippen molar-refractivity contribution in [3.05, 3.63) is 59.8 Å². The van der Waals surface area contributed by atoms with Crippen LogP contribution in [0.4, 0.5) is 0 Å². The molecule has 1 amide bonds. The molecule has 2 unspecified atom stereocenters. The van der Waals surface area contributed by atoms with Crippen LogP contribution in [0.2, 0.25) is 0 Å². The molecule has 4 nitrogen and oxygen atoms in total. The first-order valence-corrected chi connectivity index (χ1v) is 8.60. The molecule has 2 atom stereocenters. The second-order valence-electron chi connectivity index (χ2n) is 6.36. The van der Waals surface area contributed by atoms with E-state index in [0.29, 0.717) is 12.4 Å². The first-order valence-electron chi connectivity index (χ1n) is 8.60. The van der Waals surface area contributed by atoms with E-state index in [1.807, 2.05) is 54.3 Å². The van der Waals surface area contributed by atoms with E-state index in [1.54, 1.807) is 6.20 Å². The molecule has 1 fully saturated rings. The monoisotopic (exact) mass is 324 g/mol. The van der Waals surface area contributed by atoms with Crippen molar-refractivity contribution in [3.63, 3.8) is 0 Å². The molecule has 1 aliphatic heterocycles. The number of hydrogen-bond acceptors (Lipinski definition) is 3. The maximum absolute atomic E-state index is 12.9. The highest BCUT2D eigenvalue weighted by Gasteiger charge is 2.31. The van der Waals surface area contributed by atoms with Gasteiger partial charge >= 0.3 is 0 Å². The van der Waals surface area contributed by atoms with Crippen LogP contribution >= 0.6 is 0 Å². The SMILES string of the molecule is CCC(C(=O)N1CCC(Oc2ccc(C)cn2)C1)c1ccccc1. The van der Waals surface area contributed by atoms with Crippen LogP contribution in [0.5, 0.6) is 5.88 Å². The predicted molar refractivity (Wildman–Crippen MR) is 94.1 cm³/mol. The van der Waals surface area contributed by atoms with Gasteiger partial charge in [0.15, 0.2) is 0 Å². The minimum atomic E-state index is -0.0672. The van der Waals surface area contributed by atoms with Gasteiger partial charge in [0.2, 0.25) is 11.8 Å². The van der Waals surface area contributed by atoms with Crippen molar-refractivity contribution in [2.75, 3.05) is 13.1 Å². The molecule has 24 heavy (non-hydrogen) atoms. The second kappa shape index (κ2) is 7.47. The zero-order chi connectivity index (χ0) is 16.9. The number of aromatic nitrogens is 1. The van der Waals surface area contributed by atoms with Gasteiger partial charge in [0.1, 0.15) is 6.10 Å². The van der Waals surface area contributed by atoms with Crippen molar-refractivity contribution in [1.82, 2.24) is 9.88 Å². The van der Waals surface area contributed by atoms with Crippen molar-refractivity contribution in [3.8, 4) is 5.88 Å². The van der Waals surface area contributed by atoms with E-state index in [2.05, 4.69) is 11.9 Å². The van der Waals surface area contributed by atoms with Crippen LogP contribution < -0.4 is 4.74 Å². The largest absolute Gasteiger partial charge is 0.472 e. The normalized spacial score (nSPS) is 18.4. The summed E-state index contributed by atoms with van der Waals surface area (Å²) in [5.41, 5.74) is 2.20. The number of aryl methyl sites for hydroxylation is 1. The fourth-order valence-electron chi connectivity index (χ4n) is 3.18. The predicted octanol–water partition coefficient (Wildman–Crippen LogP) is 3.56. The first-order chi connectivity index (χ1) is 11.7. The summed E-state index contributed by atoms with van der Waals surface area (Å²) in [5, 5.41) is 0. The van der Waals surface area contributed by atoms with Gasteiger partial charge in [0.25, 0.3) is 0 Å². The molecule has 1 aromatic heterocycles. The lowest BCUT2D eigenvalue weighted by Crippen LogP contribution is -2.34. The Kier molecular flexibility index (Phi) is 5.14. The summed E-state index contributed by atoms with van der Waals surface area (Å²) in [4.78, 5) is 19.1. The molecular weight excluding hydrogens is 300 g/mol. The van der Waals surface area contributed by atoms with Crippen LogP contribution in [0.25, 0.3) is 0 Å². The Bertz CT molecular complexity index is 670. The smallest absolute Gasteiger partial charge is 0.230 e. The minimum absolute atomic E-state index is 0.0254. The molecule has 4 heteroatoms. The van der Waals surface area contributed by atoms with E-state index in [4.69, 9.17) is 4.74 Å². The lowest BCUT2D eigenvalue weighted by Gasteiger charge is -2.23. The van der Waals surface area contributed by atoms with Crippen LogP contribution in [0.1, 0.15) is 36.8 Å². The number of benzene rings is 1. The highest BCUT2D eigenvalue weighted by Crippen LogP contribution is 2.25. The van der Waals surface area contributed by atoms with Gasteiger partial charge in [-0.1, -0.05) is 43.3 Å². The maximum atomic E-state index is 12.9. The van der Waals surface area contributed by atoms with Gasteiger partial charge in [-0.3, -0.25) is 4.79 Å². The third-order valence-corrected chi connectivity index (χ3v) is 4.54. The minimum Gasteiger partial charge on any atom is -0.472 e. The number of pyridine rings is 1. The lowest BCUT2D eigenvalue weighted by molar-refractivity contribution is -0.132. The Morgan fingerprint density at radius 1 is 1.29 bits per heavy atom. The number of nitrogens with zero attached hydrogens (tertiary/aromatic N) is 2. The summed E-state index contributed by atoms with van der Waals surface area (Å²) >= 11 is 0. The van der Waals surface area contributed by atoms with E-state index in [1.165, 1.54) is 0 Å². The van der Waals surface area contributed by atoms with Gasteiger partial charge in [0, 0.05) is 25.2 Å². The molecule has 1 aromatic carbocycles. The van der Waals surface area contributed by atoms with E-state index in [9.17, 15) is 4.79 Å². The van der Waals surface area contributed by atoms with Gasteiger partial charge in [-0.05, 0) is 24.5 Å². The van der Waals surface area contributed by atoms with Gasteiger partial charge < -0.3 is 9.64 Å². The lowest BCUT2D eigenvalue weighted by atomic mass is 9.95. The zero-order valence-corrected chi connectivity index (χ0v) is 14.3. The molecule has 0 bridgehead atoms. The Labute approximate surface area is 143 Å². The molecule has 3 rings (SSSR count). The summed E-state index contributed by atoms with van der Waals surface area (Å²) in [6.07, 6.45) is 3.49. The second-order valence-corrected chi connectivity index (χ2v) is 6.36. The average Bonchev–Trinajstić information content (AvgIpc) is 3.07. The van der Waals surface area contributed by atoms with E-state index in [0.717, 1.165) is 30.5 Å². The van der Waals surface area contributed by atoms with Crippen molar-refractivity contribution < 1.29 is 9.53 Å². The molecule has 126 valence electrons. The van der Waals surface area contributed by atoms with Crippen molar-refractivity contribution in [2.24, 2.45) is 0 Å². The molecule has 2 aromatic rings. The Hall–Kier alpha value is -2.36. The zero-order valence-electron chi connectivity index (χ0n) is 14.3. The summed E-state index contributed by atoms with van der Waals surface area (Å²) in [5.74, 6) is 0.768. The van der Waals surface area contributed by atoms with E-state index < -0.39 is 0 Å². The molecular formula is C20H24N2O2. The van der Waals surface area contributed by atoms with Crippen molar-refractivity contribution >= 4 is 5.91 Å². The van der Waals surface area contributed by atoms with Crippen LogP contribution in [-0.4, -0.2) is 35.0 Å². The van der Waals surface area contributed by atoms with Gasteiger partial charge in [0.05, 0.1) is 12.5 Å². The topological polar surface area (TPSA) is 42.4 Å². The number of carbonyl (C=O) groups excluding carboxylic acids is 1. The first kappa shape index (κ1) is 16.5. The average molecular weight is 324 g/mol. The van der Waals surface area contributed by atoms with Gasteiger partial charge in [-0.2, -0.15) is 0 Å². The fraction of sp³-hybridized carbons (Fsp3) is 0.400. The summed E-state index contributed by atoms with van der Waals surface area (Å²) in [7, 11) is 0. The highest BCUT2D eigenvalue weighted by atomic mass is 16.5. The van der Waals surface area contributed by atoms with Crippen molar-refractivity contribution in [1.29, 1.82) is 0 Å².